The van der Waals surface area contributed by atoms with E-state index in [1.54, 1.807) is 12.1 Å². The molecule has 10 heteroatoms. The molecule has 0 spiro atoms. The molecule has 0 saturated heterocycles. The molecule has 0 saturated carbocycles. The van der Waals surface area contributed by atoms with Crippen LogP contribution in [0.1, 0.15) is 12.5 Å². The molecule has 0 aliphatic heterocycles. The first-order valence-electron chi connectivity index (χ1n) is 7.14. The Morgan fingerprint density at radius 1 is 1.12 bits per heavy atom. The van der Waals surface area contributed by atoms with Gasteiger partial charge in [0.15, 0.2) is 11.5 Å². The van der Waals surface area contributed by atoms with Gasteiger partial charge in [0.25, 0.3) is 0 Å². The summed E-state index contributed by atoms with van der Waals surface area (Å²) in [6, 6.07) is 4.67. The van der Waals surface area contributed by atoms with E-state index in [4.69, 9.17) is 37.4 Å². The zero-order chi connectivity index (χ0) is 18.6. The number of methoxy groups -OCH3 is 2. The second-order valence-electron chi connectivity index (χ2n) is 4.78. The van der Waals surface area contributed by atoms with E-state index < -0.39 is 10.0 Å². The molecule has 25 heavy (non-hydrogen) atoms. The number of nitrogens with one attached hydrogen (secondary N) is 1. The Hall–Kier alpha value is -1.19. The summed E-state index contributed by atoms with van der Waals surface area (Å²) < 4.78 is 43.8. The van der Waals surface area contributed by atoms with E-state index >= 15 is 0 Å². The molecular formula is C15H17Cl2NO5S2. The summed E-state index contributed by atoms with van der Waals surface area (Å²) in [5.41, 5.74) is 0.637. The summed E-state index contributed by atoms with van der Waals surface area (Å²) in [5.74, 6) is 1.37. The molecule has 0 bridgehead atoms. The molecule has 0 unspecified atom stereocenters. The number of halogens is 2. The standard InChI is InChI=1S/C15H17Cl2NO5S2/c1-4-23-14-10(21-2)5-9(6-11(14)22-3)8-18-25(19,20)12-7-13(16)24-15(12)17/h5-7,18H,4,8H2,1-3H3. The van der Waals surface area contributed by atoms with Crippen LogP contribution in [0, 0.1) is 0 Å². The average molecular weight is 426 g/mol. The SMILES string of the molecule is CCOc1c(OC)cc(CNS(=O)(=O)c2cc(Cl)sc2Cl)cc1OC. The summed E-state index contributed by atoms with van der Waals surface area (Å²) in [7, 11) is -0.800. The molecule has 1 heterocycles. The van der Waals surface area contributed by atoms with Gasteiger partial charge in [-0.25, -0.2) is 13.1 Å². The normalized spacial score (nSPS) is 11.4. The van der Waals surface area contributed by atoms with Crippen molar-refractivity contribution in [1.29, 1.82) is 0 Å². The molecule has 2 aromatic rings. The van der Waals surface area contributed by atoms with Crippen LogP contribution in [0.4, 0.5) is 0 Å². The monoisotopic (exact) mass is 425 g/mol. The van der Waals surface area contributed by atoms with Crippen molar-refractivity contribution in [3.8, 4) is 17.2 Å². The lowest BCUT2D eigenvalue weighted by atomic mass is 10.2. The molecule has 1 aromatic heterocycles. The van der Waals surface area contributed by atoms with Gasteiger partial charge in [-0.1, -0.05) is 23.2 Å². The van der Waals surface area contributed by atoms with Crippen LogP contribution in [0.2, 0.25) is 8.67 Å². The minimum Gasteiger partial charge on any atom is -0.493 e. The summed E-state index contributed by atoms with van der Waals surface area (Å²) in [5, 5.41) is 0. The van der Waals surface area contributed by atoms with Gasteiger partial charge in [0.2, 0.25) is 15.8 Å². The molecule has 138 valence electrons. The highest BCUT2D eigenvalue weighted by Crippen LogP contribution is 2.39. The number of thiophene rings is 1. The van der Waals surface area contributed by atoms with Gasteiger partial charge in [-0.05, 0) is 30.7 Å². The molecule has 6 nitrogen and oxygen atoms in total. The molecule has 0 aliphatic carbocycles. The minimum absolute atomic E-state index is 0.0191. The summed E-state index contributed by atoms with van der Waals surface area (Å²) >= 11 is 12.7. The summed E-state index contributed by atoms with van der Waals surface area (Å²) in [4.78, 5) is -0.0472. The van der Waals surface area contributed by atoms with Gasteiger partial charge >= 0.3 is 0 Å². The lowest BCUT2D eigenvalue weighted by Gasteiger charge is -2.15. The Balaban J connectivity index is 2.27. The fourth-order valence-corrected chi connectivity index (χ4v) is 5.25. The van der Waals surface area contributed by atoms with Crippen molar-refractivity contribution in [1.82, 2.24) is 4.72 Å². The quantitative estimate of drug-likeness (QED) is 0.692. The topological polar surface area (TPSA) is 73.9 Å². The zero-order valence-corrected chi connectivity index (χ0v) is 16.9. The van der Waals surface area contributed by atoms with Crippen LogP contribution in [-0.2, 0) is 16.6 Å². The summed E-state index contributed by atoms with van der Waals surface area (Å²) in [6.45, 7) is 2.30. The summed E-state index contributed by atoms with van der Waals surface area (Å²) in [6.07, 6.45) is 0. The van der Waals surface area contributed by atoms with Gasteiger partial charge in [0.05, 0.1) is 25.2 Å². The van der Waals surface area contributed by atoms with Crippen molar-refractivity contribution < 1.29 is 22.6 Å². The average Bonchev–Trinajstić information content (AvgIpc) is 2.93. The van der Waals surface area contributed by atoms with E-state index in [1.165, 1.54) is 20.3 Å². The predicted molar refractivity (Wildman–Crippen MR) is 99.1 cm³/mol. The smallest absolute Gasteiger partial charge is 0.243 e. The predicted octanol–water partition coefficient (Wildman–Crippen LogP) is 3.95. The Bertz CT molecular complexity index is 827. The molecule has 0 fully saturated rings. The van der Waals surface area contributed by atoms with Crippen LogP contribution in [0.25, 0.3) is 0 Å². The van der Waals surface area contributed by atoms with E-state index in [9.17, 15) is 8.42 Å². The molecule has 2 rings (SSSR count). The van der Waals surface area contributed by atoms with Gasteiger partial charge in [0.1, 0.15) is 9.23 Å². The van der Waals surface area contributed by atoms with Crippen LogP contribution in [0.3, 0.4) is 0 Å². The Kier molecular flexibility index (Phi) is 6.81. The lowest BCUT2D eigenvalue weighted by Crippen LogP contribution is -2.23. The van der Waals surface area contributed by atoms with Crippen LogP contribution in [0.5, 0.6) is 17.2 Å². The van der Waals surface area contributed by atoms with Crippen molar-refractivity contribution in [2.75, 3.05) is 20.8 Å². The first-order valence-corrected chi connectivity index (χ1v) is 10.2. The largest absolute Gasteiger partial charge is 0.493 e. The van der Waals surface area contributed by atoms with Crippen molar-refractivity contribution in [2.24, 2.45) is 0 Å². The van der Waals surface area contributed by atoms with Crippen LogP contribution < -0.4 is 18.9 Å². The van der Waals surface area contributed by atoms with E-state index in [1.807, 2.05) is 6.92 Å². The lowest BCUT2D eigenvalue weighted by molar-refractivity contribution is 0.288. The highest BCUT2D eigenvalue weighted by atomic mass is 35.5. The third-order valence-electron chi connectivity index (χ3n) is 3.19. The van der Waals surface area contributed by atoms with Crippen molar-refractivity contribution in [3.05, 3.63) is 32.4 Å². The van der Waals surface area contributed by atoms with Crippen molar-refractivity contribution in [2.45, 2.75) is 18.4 Å². The maximum atomic E-state index is 12.4. The van der Waals surface area contributed by atoms with E-state index in [0.717, 1.165) is 11.3 Å². The fraction of sp³-hybridized carbons (Fsp3) is 0.333. The van der Waals surface area contributed by atoms with Gasteiger partial charge in [-0.15, -0.1) is 11.3 Å². The van der Waals surface area contributed by atoms with Gasteiger partial charge < -0.3 is 14.2 Å². The van der Waals surface area contributed by atoms with Gasteiger partial charge in [-0.2, -0.15) is 0 Å². The molecule has 1 aromatic carbocycles. The van der Waals surface area contributed by atoms with Crippen molar-refractivity contribution in [3.63, 3.8) is 0 Å². The molecule has 0 aliphatic rings. The number of hydrogen-bond acceptors (Lipinski definition) is 6. The zero-order valence-electron chi connectivity index (χ0n) is 13.8. The highest BCUT2D eigenvalue weighted by molar-refractivity contribution is 7.89. The first kappa shape index (κ1) is 20.1. The Morgan fingerprint density at radius 3 is 2.16 bits per heavy atom. The van der Waals surface area contributed by atoms with Gasteiger partial charge in [-0.3, -0.25) is 0 Å². The number of benzene rings is 1. The molecule has 1 N–H and O–H groups in total. The van der Waals surface area contributed by atoms with E-state index in [0.29, 0.717) is 33.8 Å². The maximum absolute atomic E-state index is 12.4. The Labute approximate surface area is 160 Å². The maximum Gasteiger partial charge on any atom is 0.243 e. The van der Waals surface area contributed by atoms with Crippen LogP contribution >= 0.6 is 34.5 Å². The minimum atomic E-state index is -3.80. The first-order chi connectivity index (χ1) is 11.8. The third-order valence-corrected chi connectivity index (χ3v) is 6.34. The number of rotatable bonds is 8. The fourth-order valence-electron chi connectivity index (χ4n) is 2.09. The number of sulfonamides is 1. The van der Waals surface area contributed by atoms with Crippen LogP contribution in [-0.4, -0.2) is 29.2 Å². The molecule has 0 radical (unpaired) electrons. The number of ether oxygens (including phenoxy) is 3. The molecular weight excluding hydrogens is 409 g/mol. The molecule has 0 atom stereocenters. The highest BCUT2D eigenvalue weighted by Gasteiger charge is 2.21. The third kappa shape index (κ3) is 4.71. The van der Waals surface area contributed by atoms with E-state index in [2.05, 4.69) is 4.72 Å². The van der Waals surface area contributed by atoms with E-state index in [-0.39, 0.29) is 15.8 Å². The van der Waals surface area contributed by atoms with Crippen LogP contribution in [0.15, 0.2) is 23.1 Å². The van der Waals surface area contributed by atoms with Gasteiger partial charge in [0, 0.05) is 6.54 Å². The van der Waals surface area contributed by atoms with Crippen molar-refractivity contribution >= 4 is 44.6 Å². The second kappa shape index (κ2) is 8.46. The Morgan fingerprint density at radius 2 is 1.72 bits per heavy atom. The number of hydrogen-bond donors (Lipinski definition) is 1. The molecule has 0 amide bonds. The second-order valence-corrected chi connectivity index (χ2v) is 8.80.